The molecule has 6 heteroatoms. The molecule has 0 aliphatic carbocycles. The van der Waals surface area contributed by atoms with Gasteiger partial charge in [-0.3, -0.25) is 0 Å². The molecule has 0 atom stereocenters. The second-order valence-corrected chi connectivity index (χ2v) is 4.13. The molecule has 0 aliphatic heterocycles. The molecule has 0 saturated carbocycles. The van der Waals surface area contributed by atoms with Gasteiger partial charge < -0.3 is 18.9 Å². The van der Waals surface area contributed by atoms with Gasteiger partial charge in [-0.05, 0) is 26.2 Å². The van der Waals surface area contributed by atoms with Crippen LogP contribution in [-0.2, 0) is 28.5 Å². The Bertz CT molecular complexity index is 242. The summed E-state index contributed by atoms with van der Waals surface area (Å²) in [5.41, 5.74) is 0. The number of rotatable bonds is 11. The highest BCUT2D eigenvalue weighted by molar-refractivity contribution is 5.70. The van der Waals surface area contributed by atoms with Gasteiger partial charge >= 0.3 is 11.9 Å². The molecule has 0 saturated heterocycles. The zero-order valence-corrected chi connectivity index (χ0v) is 13.8. The predicted molar refractivity (Wildman–Crippen MR) is 80.1 cm³/mol. The highest BCUT2D eigenvalue weighted by Gasteiger charge is 2.00. The van der Waals surface area contributed by atoms with E-state index in [4.69, 9.17) is 14.2 Å². The molecule has 0 amide bonds. The van der Waals surface area contributed by atoms with Crippen molar-refractivity contribution in [1.82, 2.24) is 0 Å². The summed E-state index contributed by atoms with van der Waals surface area (Å²) in [4.78, 5) is 21.3. The third-order valence-corrected chi connectivity index (χ3v) is 1.91. The van der Waals surface area contributed by atoms with Crippen molar-refractivity contribution in [3.63, 3.8) is 0 Å². The van der Waals surface area contributed by atoms with Crippen LogP contribution in [0, 0.1) is 0 Å². The Hall–Kier alpha value is -1.14. The lowest BCUT2D eigenvalue weighted by atomic mass is 10.5. The van der Waals surface area contributed by atoms with Crippen molar-refractivity contribution in [3.8, 4) is 0 Å². The van der Waals surface area contributed by atoms with E-state index in [1.165, 1.54) is 0 Å². The molecule has 0 radical (unpaired) electrons. The van der Waals surface area contributed by atoms with E-state index < -0.39 is 0 Å². The van der Waals surface area contributed by atoms with Crippen LogP contribution >= 0.6 is 0 Å². The van der Waals surface area contributed by atoms with Crippen LogP contribution < -0.4 is 0 Å². The highest BCUT2D eigenvalue weighted by atomic mass is 16.6. The van der Waals surface area contributed by atoms with Crippen LogP contribution in [0.1, 0.15) is 47.0 Å². The lowest BCUT2D eigenvalue weighted by Gasteiger charge is -2.02. The van der Waals surface area contributed by atoms with Crippen LogP contribution in [0.4, 0.5) is 0 Å². The van der Waals surface area contributed by atoms with Crippen LogP contribution in [0.2, 0.25) is 0 Å². The molecule has 0 N–H and O–H groups in total. The van der Waals surface area contributed by atoms with Crippen molar-refractivity contribution in [2.75, 3.05) is 39.6 Å². The van der Waals surface area contributed by atoms with E-state index in [1.807, 2.05) is 20.8 Å². The summed E-state index contributed by atoms with van der Waals surface area (Å²) in [6.07, 6.45) is 2.72. The van der Waals surface area contributed by atoms with Gasteiger partial charge in [-0.2, -0.15) is 0 Å². The zero-order chi connectivity index (χ0) is 16.3. The normalized spacial score (nSPS) is 9.52. The Morgan fingerprint density at radius 3 is 1.48 bits per heavy atom. The van der Waals surface area contributed by atoms with E-state index in [0.717, 1.165) is 19.3 Å². The first-order chi connectivity index (χ1) is 10.1. The maximum Gasteiger partial charge on any atom is 0.332 e. The van der Waals surface area contributed by atoms with E-state index in [1.54, 1.807) is 6.92 Å². The Kier molecular flexibility index (Phi) is 19.9. The lowest BCUT2D eigenvalue weighted by molar-refractivity contribution is -0.149. The molecule has 0 fully saturated rings. The van der Waals surface area contributed by atoms with Gasteiger partial charge in [0.25, 0.3) is 0 Å². The molecule has 0 bridgehead atoms. The summed E-state index contributed by atoms with van der Waals surface area (Å²) in [5, 5.41) is 0. The van der Waals surface area contributed by atoms with Gasteiger partial charge in [-0.1, -0.05) is 20.8 Å². The van der Waals surface area contributed by atoms with Gasteiger partial charge in [-0.25, -0.2) is 9.59 Å². The summed E-state index contributed by atoms with van der Waals surface area (Å²) in [6.45, 7) is 10.1. The Morgan fingerprint density at radius 2 is 1.10 bits per heavy atom. The first-order valence-electron chi connectivity index (χ1n) is 7.58. The fraction of sp³-hybridized carbons (Fsp3) is 0.867. The number of esters is 2. The molecule has 0 spiro atoms. The second-order valence-electron chi connectivity index (χ2n) is 4.13. The Labute approximate surface area is 128 Å². The first kappa shape index (κ1) is 22.1. The SMILES string of the molecule is CCCOCC(=O)OCC.CCCOCC(=O)OCCC. The topological polar surface area (TPSA) is 71.1 Å². The number of carbonyl (C=O) groups is 2. The number of hydrogen-bond donors (Lipinski definition) is 0. The van der Waals surface area contributed by atoms with Gasteiger partial charge in [0.1, 0.15) is 13.2 Å². The van der Waals surface area contributed by atoms with Crippen LogP contribution in [-0.4, -0.2) is 51.6 Å². The van der Waals surface area contributed by atoms with E-state index in [0.29, 0.717) is 26.4 Å². The van der Waals surface area contributed by atoms with Crippen LogP contribution in [0.3, 0.4) is 0 Å². The van der Waals surface area contributed by atoms with E-state index >= 15 is 0 Å². The van der Waals surface area contributed by atoms with Gasteiger partial charge in [0.2, 0.25) is 0 Å². The number of hydrogen-bond acceptors (Lipinski definition) is 6. The fourth-order valence-corrected chi connectivity index (χ4v) is 1.06. The van der Waals surface area contributed by atoms with E-state index in [-0.39, 0.29) is 25.2 Å². The van der Waals surface area contributed by atoms with Crippen molar-refractivity contribution in [2.45, 2.75) is 47.0 Å². The van der Waals surface area contributed by atoms with Crippen molar-refractivity contribution >= 4 is 11.9 Å². The minimum atomic E-state index is -0.282. The standard InChI is InChI=1S/C8H16O3.C7H14O3/c1-3-5-10-7-8(9)11-6-4-2;1-3-5-9-6-7(8)10-4-2/h3-7H2,1-2H3;3-6H2,1-2H3. The number of carbonyl (C=O) groups excluding carboxylic acids is 2. The van der Waals surface area contributed by atoms with Crippen molar-refractivity contribution in [3.05, 3.63) is 0 Å². The molecular formula is C15H30O6. The maximum absolute atomic E-state index is 10.7. The third-order valence-electron chi connectivity index (χ3n) is 1.91. The van der Waals surface area contributed by atoms with Crippen LogP contribution in [0.15, 0.2) is 0 Å². The summed E-state index contributed by atoms with van der Waals surface area (Å²) in [5.74, 6) is -0.545. The Morgan fingerprint density at radius 1 is 0.667 bits per heavy atom. The predicted octanol–water partition coefficient (Wildman–Crippen LogP) is 2.34. The number of ether oxygens (including phenoxy) is 4. The molecule has 0 unspecified atom stereocenters. The molecule has 0 aromatic heterocycles. The second kappa shape index (κ2) is 18.9. The quantitative estimate of drug-likeness (QED) is 0.431. The molecule has 0 aromatic rings. The molecular weight excluding hydrogens is 276 g/mol. The molecule has 0 aromatic carbocycles. The Balaban J connectivity index is 0. The van der Waals surface area contributed by atoms with Crippen molar-refractivity contribution in [2.24, 2.45) is 0 Å². The largest absolute Gasteiger partial charge is 0.464 e. The van der Waals surface area contributed by atoms with Crippen molar-refractivity contribution < 1.29 is 28.5 Å². The summed E-state index contributed by atoms with van der Waals surface area (Å²) in [6, 6.07) is 0. The molecule has 6 nitrogen and oxygen atoms in total. The van der Waals surface area contributed by atoms with E-state index in [2.05, 4.69) is 4.74 Å². The summed E-state index contributed by atoms with van der Waals surface area (Å²) >= 11 is 0. The minimum absolute atomic E-state index is 0.0850. The summed E-state index contributed by atoms with van der Waals surface area (Å²) < 4.78 is 19.3. The zero-order valence-electron chi connectivity index (χ0n) is 13.8. The van der Waals surface area contributed by atoms with Gasteiger partial charge in [-0.15, -0.1) is 0 Å². The molecule has 0 aliphatic rings. The molecule has 0 rings (SSSR count). The van der Waals surface area contributed by atoms with Crippen molar-refractivity contribution in [1.29, 1.82) is 0 Å². The maximum atomic E-state index is 10.7. The monoisotopic (exact) mass is 306 g/mol. The molecule has 0 heterocycles. The van der Waals surface area contributed by atoms with Crippen LogP contribution in [0.5, 0.6) is 0 Å². The smallest absolute Gasteiger partial charge is 0.332 e. The lowest BCUT2D eigenvalue weighted by Crippen LogP contribution is -2.13. The summed E-state index contributed by atoms with van der Waals surface area (Å²) in [7, 11) is 0. The van der Waals surface area contributed by atoms with Gasteiger partial charge in [0.05, 0.1) is 13.2 Å². The van der Waals surface area contributed by atoms with E-state index in [9.17, 15) is 9.59 Å². The average molecular weight is 306 g/mol. The fourth-order valence-electron chi connectivity index (χ4n) is 1.06. The first-order valence-corrected chi connectivity index (χ1v) is 7.58. The van der Waals surface area contributed by atoms with Gasteiger partial charge in [0.15, 0.2) is 0 Å². The minimum Gasteiger partial charge on any atom is -0.464 e. The molecule has 126 valence electrons. The van der Waals surface area contributed by atoms with Crippen LogP contribution in [0.25, 0.3) is 0 Å². The third kappa shape index (κ3) is 21.3. The highest BCUT2D eigenvalue weighted by Crippen LogP contribution is 1.86. The van der Waals surface area contributed by atoms with Gasteiger partial charge in [0, 0.05) is 13.2 Å². The molecule has 21 heavy (non-hydrogen) atoms. The average Bonchev–Trinajstić information content (AvgIpc) is 2.47.